The van der Waals surface area contributed by atoms with E-state index in [0.717, 1.165) is 24.9 Å². The Labute approximate surface area is 110 Å². The lowest BCUT2D eigenvalue weighted by atomic mass is 10.1. The van der Waals surface area contributed by atoms with Crippen LogP contribution in [0.2, 0.25) is 0 Å². The van der Waals surface area contributed by atoms with Gasteiger partial charge in [0.15, 0.2) is 0 Å². The first-order valence-electron chi connectivity index (χ1n) is 7.16. The van der Waals surface area contributed by atoms with Crippen LogP contribution in [0.1, 0.15) is 51.0 Å². The molecule has 1 aliphatic carbocycles. The van der Waals surface area contributed by atoms with Crippen molar-refractivity contribution in [3.05, 3.63) is 23.9 Å². The van der Waals surface area contributed by atoms with Crippen LogP contribution in [0.15, 0.2) is 18.3 Å². The van der Waals surface area contributed by atoms with Gasteiger partial charge in [-0.15, -0.1) is 0 Å². The van der Waals surface area contributed by atoms with Gasteiger partial charge in [0, 0.05) is 6.20 Å². The van der Waals surface area contributed by atoms with Crippen LogP contribution in [0.4, 0.5) is 5.82 Å². The van der Waals surface area contributed by atoms with Gasteiger partial charge in [0.05, 0.1) is 6.67 Å². The summed E-state index contributed by atoms with van der Waals surface area (Å²) >= 11 is 0. The molecule has 1 aliphatic rings. The van der Waals surface area contributed by atoms with Gasteiger partial charge >= 0.3 is 0 Å². The molecule has 0 spiro atoms. The number of aromatic nitrogens is 1. The van der Waals surface area contributed by atoms with Gasteiger partial charge in [-0.3, -0.25) is 5.32 Å². The van der Waals surface area contributed by atoms with Crippen molar-refractivity contribution in [1.29, 1.82) is 0 Å². The van der Waals surface area contributed by atoms with Gasteiger partial charge in [-0.25, -0.2) is 4.98 Å². The Hall–Kier alpha value is -1.09. The number of pyridine rings is 1. The van der Waals surface area contributed by atoms with Crippen LogP contribution in [0.5, 0.6) is 0 Å². The molecule has 100 valence electrons. The lowest BCUT2D eigenvalue weighted by Gasteiger charge is -2.12. The zero-order valence-electron chi connectivity index (χ0n) is 11.6. The molecule has 1 aromatic heterocycles. The van der Waals surface area contributed by atoms with E-state index in [1.807, 2.05) is 6.20 Å². The maximum absolute atomic E-state index is 4.34. The minimum atomic E-state index is 0.556. The van der Waals surface area contributed by atoms with Gasteiger partial charge in [0.1, 0.15) is 5.82 Å². The van der Waals surface area contributed by atoms with E-state index in [-0.39, 0.29) is 0 Å². The average Bonchev–Trinajstić information content (AvgIpc) is 2.88. The Bertz CT molecular complexity index is 357. The number of hydrogen-bond acceptors (Lipinski definition) is 3. The maximum atomic E-state index is 4.34. The highest BCUT2D eigenvalue weighted by atomic mass is 15.1. The summed E-state index contributed by atoms with van der Waals surface area (Å²) in [4.78, 5) is 4.34. The van der Waals surface area contributed by atoms with Crippen molar-refractivity contribution in [3.63, 3.8) is 0 Å². The third kappa shape index (κ3) is 3.98. The second-order valence-corrected chi connectivity index (χ2v) is 5.59. The van der Waals surface area contributed by atoms with E-state index in [4.69, 9.17) is 0 Å². The van der Waals surface area contributed by atoms with Crippen LogP contribution in [-0.2, 0) is 0 Å². The minimum Gasteiger partial charge on any atom is -0.358 e. The summed E-state index contributed by atoms with van der Waals surface area (Å²) in [7, 11) is 0. The first-order chi connectivity index (χ1) is 8.75. The van der Waals surface area contributed by atoms with E-state index in [0.29, 0.717) is 5.92 Å². The molecule has 1 aromatic rings. The summed E-state index contributed by atoms with van der Waals surface area (Å²) in [5, 5.41) is 6.82. The quantitative estimate of drug-likeness (QED) is 0.598. The number of rotatable bonds is 6. The van der Waals surface area contributed by atoms with E-state index in [2.05, 4.69) is 41.6 Å². The maximum Gasteiger partial charge on any atom is 0.127 e. The highest BCUT2D eigenvalue weighted by Crippen LogP contribution is 2.23. The van der Waals surface area contributed by atoms with Crippen LogP contribution >= 0.6 is 0 Å². The second-order valence-electron chi connectivity index (χ2n) is 5.59. The van der Waals surface area contributed by atoms with Gasteiger partial charge in [-0.05, 0) is 48.9 Å². The molecule has 3 nitrogen and oxygen atoms in total. The number of nitrogens with one attached hydrogen (secondary N) is 2. The molecule has 18 heavy (non-hydrogen) atoms. The van der Waals surface area contributed by atoms with Crippen molar-refractivity contribution >= 4 is 5.82 Å². The molecule has 0 aromatic carbocycles. The molecule has 2 N–H and O–H groups in total. The van der Waals surface area contributed by atoms with Crippen molar-refractivity contribution in [2.24, 2.45) is 5.92 Å². The van der Waals surface area contributed by atoms with Crippen LogP contribution < -0.4 is 10.6 Å². The molecule has 0 saturated heterocycles. The Morgan fingerprint density at radius 1 is 1.33 bits per heavy atom. The smallest absolute Gasteiger partial charge is 0.127 e. The SMILES string of the molecule is CC(C)c1ccnc(NCNCC2CCCC2)c1. The summed E-state index contributed by atoms with van der Waals surface area (Å²) in [5.74, 6) is 2.42. The van der Waals surface area contributed by atoms with Crippen LogP contribution in [0.3, 0.4) is 0 Å². The van der Waals surface area contributed by atoms with Gasteiger partial charge < -0.3 is 5.32 Å². The Morgan fingerprint density at radius 2 is 2.11 bits per heavy atom. The monoisotopic (exact) mass is 247 g/mol. The van der Waals surface area contributed by atoms with Crippen molar-refractivity contribution in [2.45, 2.75) is 45.4 Å². The predicted octanol–water partition coefficient (Wildman–Crippen LogP) is 3.35. The number of nitrogens with zero attached hydrogens (tertiary/aromatic N) is 1. The van der Waals surface area contributed by atoms with Crippen molar-refractivity contribution < 1.29 is 0 Å². The highest BCUT2D eigenvalue weighted by molar-refractivity contribution is 5.38. The third-order valence-corrected chi connectivity index (χ3v) is 3.75. The highest BCUT2D eigenvalue weighted by Gasteiger charge is 2.13. The summed E-state index contributed by atoms with van der Waals surface area (Å²) < 4.78 is 0. The van der Waals surface area contributed by atoms with Crippen LogP contribution in [0, 0.1) is 5.92 Å². The lowest BCUT2D eigenvalue weighted by molar-refractivity contribution is 0.500. The fourth-order valence-electron chi connectivity index (χ4n) is 2.55. The zero-order chi connectivity index (χ0) is 12.8. The van der Waals surface area contributed by atoms with Gasteiger partial charge in [0.2, 0.25) is 0 Å². The third-order valence-electron chi connectivity index (χ3n) is 3.75. The molecule has 1 saturated carbocycles. The molecule has 0 radical (unpaired) electrons. The molecular formula is C15H25N3. The van der Waals surface area contributed by atoms with Crippen molar-refractivity contribution in [2.75, 3.05) is 18.5 Å². The normalized spacial score (nSPS) is 16.4. The molecule has 3 heteroatoms. The predicted molar refractivity (Wildman–Crippen MR) is 76.8 cm³/mol. The standard InChI is InChI=1S/C15H25N3/c1-12(2)14-7-8-17-15(9-14)18-11-16-10-13-5-3-4-6-13/h7-9,12-13,16H,3-6,10-11H2,1-2H3,(H,17,18). The fraction of sp³-hybridized carbons (Fsp3) is 0.667. The summed E-state index contributed by atoms with van der Waals surface area (Å²) in [5.41, 5.74) is 1.34. The van der Waals surface area contributed by atoms with Crippen molar-refractivity contribution in [1.82, 2.24) is 10.3 Å². The molecule has 0 bridgehead atoms. The lowest BCUT2D eigenvalue weighted by Crippen LogP contribution is -2.27. The van der Waals surface area contributed by atoms with Crippen LogP contribution in [0.25, 0.3) is 0 Å². The summed E-state index contributed by atoms with van der Waals surface area (Å²) in [6, 6.07) is 4.23. The molecule has 0 amide bonds. The molecule has 0 atom stereocenters. The van der Waals surface area contributed by atoms with Crippen LogP contribution in [-0.4, -0.2) is 18.2 Å². The van der Waals surface area contributed by atoms with E-state index in [9.17, 15) is 0 Å². The molecule has 1 fully saturated rings. The molecule has 0 unspecified atom stereocenters. The number of hydrogen-bond donors (Lipinski definition) is 2. The summed E-state index contributed by atoms with van der Waals surface area (Å²) in [6.45, 7) is 6.36. The molecule has 1 heterocycles. The van der Waals surface area contributed by atoms with E-state index in [1.54, 1.807) is 0 Å². The average molecular weight is 247 g/mol. The molecule has 2 rings (SSSR count). The Balaban J connectivity index is 1.70. The zero-order valence-corrected chi connectivity index (χ0v) is 11.6. The van der Waals surface area contributed by atoms with Crippen molar-refractivity contribution in [3.8, 4) is 0 Å². The van der Waals surface area contributed by atoms with E-state index < -0.39 is 0 Å². The van der Waals surface area contributed by atoms with Gasteiger partial charge in [-0.2, -0.15) is 0 Å². The number of anilines is 1. The molecule has 0 aliphatic heterocycles. The summed E-state index contributed by atoms with van der Waals surface area (Å²) in [6.07, 6.45) is 7.51. The van der Waals surface area contributed by atoms with E-state index in [1.165, 1.54) is 31.2 Å². The van der Waals surface area contributed by atoms with E-state index >= 15 is 0 Å². The molecular weight excluding hydrogens is 222 g/mol. The Morgan fingerprint density at radius 3 is 2.83 bits per heavy atom. The topological polar surface area (TPSA) is 37.0 Å². The fourth-order valence-corrected chi connectivity index (χ4v) is 2.55. The Kier molecular flexibility index (Phi) is 5.00. The largest absolute Gasteiger partial charge is 0.358 e. The first-order valence-corrected chi connectivity index (χ1v) is 7.16. The van der Waals surface area contributed by atoms with Gasteiger partial charge in [0.25, 0.3) is 0 Å². The minimum absolute atomic E-state index is 0.556. The first kappa shape index (κ1) is 13.3. The van der Waals surface area contributed by atoms with Gasteiger partial charge in [-0.1, -0.05) is 26.7 Å². The second kappa shape index (κ2) is 6.74.